The maximum absolute atomic E-state index is 12.9. The average Bonchev–Trinajstić information content (AvgIpc) is 2.65. The van der Waals surface area contributed by atoms with Crippen LogP contribution in [0.2, 0.25) is 0 Å². The van der Waals surface area contributed by atoms with Crippen LogP contribution in [-0.4, -0.2) is 16.1 Å². The second-order valence-electron chi connectivity index (χ2n) is 2.86. The number of carboxylic acid groups (broad SMARTS) is 1. The third kappa shape index (κ3) is 1.87. The molecule has 3 nitrogen and oxygen atoms in total. The molecule has 2 rings (SSSR count). The number of carboxylic acids is 1. The van der Waals surface area contributed by atoms with Gasteiger partial charge in [0.2, 0.25) is 0 Å². The fraction of sp³-hybridized carbons (Fsp3) is 0. The molecule has 0 fully saturated rings. The number of nitrogens with zero attached hydrogens (tertiary/aromatic N) is 1. The molecule has 0 atom stereocenters. The lowest BCUT2D eigenvalue weighted by molar-refractivity contribution is 0.0703. The van der Waals surface area contributed by atoms with Crippen molar-refractivity contribution in [3.8, 4) is 11.1 Å². The average molecular weight is 223 g/mol. The van der Waals surface area contributed by atoms with E-state index in [0.29, 0.717) is 11.1 Å². The van der Waals surface area contributed by atoms with Gasteiger partial charge in [0.05, 0.1) is 6.20 Å². The SMILES string of the molecule is O=C(O)c1sccc1-c1cncc(F)c1. The van der Waals surface area contributed by atoms with Crippen LogP contribution in [0.1, 0.15) is 9.67 Å². The van der Waals surface area contributed by atoms with Crippen LogP contribution < -0.4 is 0 Å². The van der Waals surface area contributed by atoms with E-state index in [-0.39, 0.29) is 4.88 Å². The zero-order chi connectivity index (χ0) is 10.8. The van der Waals surface area contributed by atoms with Gasteiger partial charge in [-0.25, -0.2) is 9.18 Å². The number of hydrogen-bond acceptors (Lipinski definition) is 3. The molecule has 0 bridgehead atoms. The van der Waals surface area contributed by atoms with Gasteiger partial charge in [-0.2, -0.15) is 0 Å². The van der Waals surface area contributed by atoms with Crippen molar-refractivity contribution in [3.63, 3.8) is 0 Å². The van der Waals surface area contributed by atoms with Gasteiger partial charge >= 0.3 is 5.97 Å². The van der Waals surface area contributed by atoms with Crippen molar-refractivity contribution in [2.24, 2.45) is 0 Å². The minimum Gasteiger partial charge on any atom is -0.477 e. The lowest BCUT2D eigenvalue weighted by Crippen LogP contribution is -1.94. The van der Waals surface area contributed by atoms with Crippen molar-refractivity contribution < 1.29 is 14.3 Å². The predicted octanol–water partition coefficient (Wildman–Crippen LogP) is 2.65. The Morgan fingerprint density at radius 2 is 2.27 bits per heavy atom. The molecule has 0 unspecified atom stereocenters. The molecule has 0 saturated heterocycles. The molecule has 0 aliphatic rings. The summed E-state index contributed by atoms with van der Waals surface area (Å²) in [6.45, 7) is 0. The van der Waals surface area contributed by atoms with Gasteiger partial charge in [-0.1, -0.05) is 0 Å². The number of carbonyl (C=O) groups is 1. The summed E-state index contributed by atoms with van der Waals surface area (Å²) in [7, 11) is 0. The summed E-state index contributed by atoms with van der Waals surface area (Å²) in [5.41, 5.74) is 0.980. The lowest BCUT2D eigenvalue weighted by atomic mass is 10.1. The maximum atomic E-state index is 12.9. The Balaban J connectivity index is 2.54. The zero-order valence-electron chi connectivity index (χ0n) is 7.48. The summed E-state index contributed by atoms with van der Waals surface area (Å²) in [6.07, 6.45) is 2.52. The minimum absolute atomic E-state index is 0.197. The second kappa shape index (κ2) is 3.78. The molecule has 2 heterocycles. The van der Waals surface area contributed by atoms with E-state index in [0.717, 1.165) is 17.5 Å². The molecule has 5 heteroatoms. The van der Waals surface area contributed by atoms with Crippen LogP contribution in [0, 0.1) is 5.82 Å². The molecule has 0 aliphatic heterocycles. The summed E-state index contributed by atoms with van der Waals surface area (Å²) in [5, 5.41) is 10.5. The van der Waals surface area contributed by atoms with Crippen molar-refractivity contribution in [2.45, 2.75) is 0 Å². The van der Waals surface area contributed by atoms with Crippen LogP contribution in [0.5, 0.6) is 0 Å². The van der Waals surface area contributed by atoms with Crippen LogP contribution in [0.4, 0.5) is 4.39 Å². The highest BCUT2D eigenvalue weighted by Gasteiger charge is 2.13. The molecule has 0 amide bonds. The first kappa shape index (κ1) is 9.79. The van der Waals surface area contributed by atoms with Gasteiger partial charge < -0.3 is 5.11 Å². The summed E-state index contributed by atoms with van der Waals surface area (Å²) in [5.74, 6) is -1.49. The summed E-state index contributed by atoms with van der Waals surface area (Å²) in [6, 6.07) is 2.91. The number of halogens is 1. The van der Waals surface area contributed by atoms with E-state index >= 15 is 0 Å². The number of aromatic nitrogens is 1. The number of thiophene rings is 1. The molecule has 2 aromatic rings. The molecule has 2 aromatic heterocycles. The van der Waals surface area contributed by atoms with E-state index in [1.165, 1.54) is 12.3 Å². The van der Waals surface area contributed by atoms with Crippen LogP contribution >= 0.6 is 11.3 Å². The highest BCUT2D eigenvalue weighted by atomic mass is 32.1. The Morgan fingerprint density at radius 3 is 2.93 bits per heavy atom. The first-order valence-corrected chi connectivity index (χ1v) is 4.98. The van der Waals surface area contributed by atoms with Crippen LogP contribution in [-0.2, 0) is 0 Å². The van der Waals surface area contributed by atoms with Crippen molar-refractivity contribution in [1.29, 1.82) is 0 Å². The third-order valence-electron chi connectivity index (χ3n) is 1.88. The lowest BCUT2D eigenvalue weighted by Gasteiger charge is -1.99. The van der Waals surface area contributed by atoms with E-state index in [1.54, 1.807) is 11.4 Å². The van der Waals surface area contributed by atoms with E-state index in [9.17, 15) is 9.18 Å². The Kier molecular flexibility index (Phi) is 2.47. The van der Waals surface area contributed by atoms with Crippen molar-refractivity contribution >= 4 is 17.3 Å². The normalized spacial score (nSPS) is 10.2. The highest BCUT2D eigenvalue weighted by molar-refractivity contribution is 7.12. The Labute approximate surface area is 88.8 Å². The number of hydrogen-bond donors (Lipinski definition) is 1. The minimum atomic E-state index is -1.01. The smallest absolute Gasteiger partial charge is 0.346 e. The van der Waals surface area contributed by atoms with Crippen molar-refractivity contribution in [2.75, 3.05) is 0 Å². The summed E-state index contributed by atoms with van der Waals surface area (Å²) >= 11 is 1.11. The molecule has 0 aliphatic carbocycles. The fourth-order valence-electron chi connectivity index (χ4n) is 1.26. The van der Waals surface area contributed by atoms with E-state index < -0.39 is 11.8 Å². The summed E-state index contributed by atoms with van der Waals surface area (Å²) in [4.78, 5) is 14.7. The van der Waals surface area contributed by atoms with Gasteiger partial charge in [0, 0.05) is 17.3 Å². The monoisotopic (exact) mass is 223 g/mol. The molecule has 0 radical (unpaired) electrons. The number of pyridine rings is 1. The van der Waals surface area contributed by atoms with E-state index in [4.69, 9.17) is 5.11 Å². The Morgan fingerprint density at radius 1 is 1.47 bits per heavy atom. The zero-order valence-corrected chi connectivity index (χ0v) is 8.29. The Bertz CT molecular complexity index is 510. The molecule has 0 spiro atoms. The van der Waals surface area contributed by atoms with Crippen LogP contribution in [0.25, 0.3) is 11.1 Å². The molecular weight excluding hydrogens is 217 g/mol. The van der Waals surface area contributed by atoms with Gasteiger partial charge in [0.1, 0.15) is 10.7 Å². The van der Waals surface area contributed by atoms with E-state index in [2.05, 4.69) is 4.98 Å². The van der Waals surface area contributed by atoms with Gasteiger partial charge in [-0.15, -0.1) is 11.3 Å². The molecule has 0 aromatic carbocycles. The fourth-order valence-corrected chi connectivity index (χ4v) is 2.02. The van der Waals surface area contributed by atoms with Gasteiger partial charge in [0.25, 0.3) is 0 Å². The maximum Gasteiger partial charge on any atom is 0.346 e. The molecular formula is C10H6FNO2S. The highest BCUT2D eigenvalue weighted by Crippen LogP contribution is 2.27. The first-order valence-electron chi connectivity index (χ1n) is 4.10. The van der Waals surface area contributed by atoms with Crippen LogP contribution in [0.15, 0.2) is 29.9 Å². The van der Waals surface area contributed by atoms with Crippen molar-refractivity contribution in [3.05, 3.63) is 40.6 Å². The summed E-state index contributed by atoms with van der Waals surface area (Å²) < 4.78 is 12.9. The number of aromatic carboxylic acids is 1. The quantitative estimate of drug-likeness (QED) is 0.851. The molecule has 15 heavy (non-hydrogen) atoms. The molecule has 1 N–H and O–H groups in total. The first-order chi connectivity index (χ1) is 7.18. The molecule has 0 saturated carbocycles. The third-order valence-corrected chi connectivity index (χ3v) is 2.78. The van der Waals surface area contributed by atoms with E-state index in [1.807, 2.05) is 0 Å². The van der Waals surface area contributed by atoms with Crippen molar-refractivity contribution in [1.82, 2.24) is 4.98 Å². The van der Waals surface area contributed by atoms with Crippen LogP contribution in [0.3, 0.4) is 0 Å². The predicted molar refractivity (Wildman–Crippen MR) is 54.5 cm³/mol. The van der Waals surface area contributed by atoms with Gasteiger partial charge in [-0.3, -0.25) is 4.98 Å². The topological polar surface area (TPSA) is 50.2 Å². The van der Waals surface area contributed by atoms with Gasteiger partial charge in [0.15, 0.2) is 0 Å². The number of rotatable bonds is 2. The largest absolute Gasteiger partial charge is 0.477 e. The standard InChI is InChI=1S/C10H6FNO2S/c11-7-3-6(4-12-5-7)8-1-2-15-9(8)10(13)14/h1-5H,(H,13,14). The second-order valence-corrected chi connectivity index (χ2v) is 3.78. The Hall–Kier alpha value is -1.75. The van der Waals surface area contributed by atoms with Gasteiger partial charge in [-0.05, 0) is 17.5 Å². The molecule has 76 valence electrons.